The van der Waals surface area contributed by atoms with Crippen LogP contribution >= 0.6 is 11.8 Å². The summed E-state index contributed by atoms with van der Waals surface area (Å²) in [5.41, 5.74) is 0. The van der Waals surface area contributed by atoms with Crippen molar-refractivity contribution in [2.75, 3.05) is 0 Å². The molecule has 2 atom stereocenters. The fourth-order valence-corrected chi connectivity index (χ4v) is 2.95. The molecule has 0 aromatic heterocycles. The van der Waals surface area contributed by atoms with Crippen LogP contribution in [0.1, 0.15) is 33.6 Å². The second kappa shape index (κ2) is 1.94. The second-order valence-corrected chi connectivity index (χ2v) is 4.96. The molecule has 48 valence electrons. The molecule has 0 spiro atoms. The predicted molar refractivity (Wildman–Crippen MR) is 40.4 cm³/mol. The molecule has 0 amide bonds. The molecule has 0 aromatic rings. The zero-order chi connectivity index (χ0) is 6.20. The molecule has 0 bridgehead atoms. The zero-order valence-corrected chi connectivity index (χ0v) is 6.72. The summed E-state index contributed by atoms with van der Waals surface area (Å²) in [6.07, 6.45) is 2.76. The average Bonchev–Trinajstić information content (AvgIpc) is 1.63. The van der Waals surface area contributed by atoms with Gasteiger partial charge in [-0.3, -0.25) is 0 Å². The Kier molecular flexibility index (Phi) is 1.57. The van der Waals surface area contributed by atoms with Crippen molar-refractivity contribution in [3.8, 4) is 0 Å². The molecule has 1 heterocycles. The molecule has 0 N–H and O–H groups in total. The van der Waals surface area contributed by atoms with Crippen molar-refractivity contribution < 1.29 is 0 Å². The summed E-state index contributed by atoms with van der Waals surface area (Å²) >= 11 is 2.13. The van der Waals surface area contributed by atoms with E-state index in [0.29, 0.717) is 4.75 Å². The number of hydrogen-bond donors (Lipinski definition) is 0. The summed E-state index contributed by atoms with van der Waals surface area (Å²) in [4.78, 5) is 0. The van der Waals surface area contributed by atoms with E-state index in [1.54, 1.807) is 0 Å². The van der Waals surface area contributed by atoms with Crippen molar-refractivity contribution in [1.82, 2.24) is 0 Å². The molecule has 8 heavy (non-hydrogen) atoms. The summed E-state index contributed by atoms with van der Waals surface area (Å²) in [6.45, 7) is 6.94. The molecular weight excluding hydrogens is 116 g/mol. The molecule has 0 nitrogen and oxygen atoms in total. The first kappa shape index (κ1) is 6.47. The first-order chi connectivity index (χ1) is 3.66. The van der Waals surface area contributed by atoms with Gasteiger partial charge in [-0.15, -0.1) is 0 Å². The Morgan fingerprint density at radius 2 is 2.25 bits per heavy atom. The van der Waals surface area contributed by atoms with E-state index < -0.39 is 0 Å². The van der Waals surface area contributed by atoms with Crippen LogP contribution in [0.3, 0.4) is 0 Å². The summed E-state index contributed by atoms with van der Waals surface area (Å²) in [5, 5.41) is 0.931. The highest BCUT2D eigenvalue weighted by molar-refractivity contribution is 8.02. The van der Waals surface area contributed by atoms with Crippen LogP contribution in [0.4, 0.5) is 0 Å². The third-order valence-corrected chi connectivity index (χ3v) is 3.55. The van der Waals surface area contributed by atoms with E-state index in [9.17, 15) is 0 Å². The molecule has 1 aliphatic heterocycles. The molecule has 1 rings (SSSR count). The van der Waals surface area contributed by atoms with Crippen molar-refractivity contribution >= 4 is 11.8 Å². The third-order valence-electron chi connectivity index (χ3n) is 1.95. The van der Waals surface area contributed by atoms with Gasteiger partial charge in [0.2, 0.25) is 0 Å². The first-order valence-corrected chi connectivity index (χ1v) is 4.22. The Balaban J connectivity index is 2.30. The number of rotatable bonds is 1. The lowest BCUT2D eigenvalue weighted by Gasteiger charge is -2.42. The largest absolute Gasteiger partial charge is 0.152 e. The van der Waals surface area contributed by atoms with Crippen molar-refractivity contribution in [2.45, 2.75) is 43.6 Å². The van der Waals surface area contributed by atoms with E-state index in [0.717, 1.165) is 5.25 Å². The van der Waals surface area contributed by atoms with Gasteiger partial charge < -0.3 is 0 Å². The van der Waals surface area contributed by atoms with Crippen LogP contribution in [0.15, 0.2) is 0 Å². The van der Waals surface area contributed by atoms with Gasteiger partial charge in [-0.2, -0.15) is 11.8 Å². The van der Waals surface area contributed by atoms with E-state index in [4.69, 9.17) is 0 Å². The van der Waals surface area contributed by atoms with Gasteiger partial charge in [0.05, 0.1) is 0 Å². The summed E-state index contributed by atoms with van der Waals surface area (Å²) < 4.78 is 0.652. The highest BCUT2D eigenvalue weighted by atomic mass is 32.2. The molecular formula is C7H14S. The van der Waals surface area contributed by atoms with Crippen LogP contribution in [-0.2, 0) is 0 Å². The number of hydrogen-bond acceptors (Lipinski definition) is 1. The van der Waals surface area contributed by atoms with Crippen LogP contribution in [0, 0.1) is 0 Å². The van der Waals surface area contributed by atoms with Gasteiger partial charge >= 0.3 is 0 Å². The van der Waals surface area contributed by atoms with E-state index in [1.165, 1.54) is 12.8 Å². The Hall–Kier alpha value is 0.350. The van der Waals surface area contributed by atoms with Crippen molar-refractivity contribution in [1.29, 1.82) is 0 Å². The Labute approximate surface area is 56.0 Å². The molecule has 0 aliphatic carbocycles. The van der Waals surface area contributed by atoms with Gasteiger partial charge in [0, 0.05) is 10.00 Å². The van der Waals surface area contributed by atoms with Crippen LogP contribution in [0.2, 0.25) is 0 Å². The van der Waals surface area contributed by atoms with E-state index in [1.807, 2.05) is 0 Å². The first-order valence-electron chi connectivity index (χ1n) is 3.34. The molecule has 0 radical (unpaired) electrons. The molecule has 1 fully saturated rings. The molecule has 1 aliphatic rings. The molecule has 0 aromatic carbocycles. The predicted octanol–water partition coefficient (Wildman–Crippen LogP) is 2.68. The maximum absolute atomic E-state index is 2.36. The highest BCUT2D eigenvalue weighted by Crippen LogP contribution is 2.48. The topological polar surface area (TPSA) is 0 Å². The summed E-state index contributed by atoms with van der Waals surface area (Å²) in [7, 11) is 0. The second-order valence-electron chi connectivity index (χ2n) is 2.94. The fraction of sp³-hybridized carbons (Fsp3) is 1.00. The average molecular weight is 130 g/mol. The quantitative estimate of drug-likeness (QED) is 0.526. The maximum atomic E-state index is 2.36. The molecule has 1 saturated heterocycles. The molecule has 0 saturated carbocycles. The smallest absolute Gasteiger partial charge is 0.0142 e. The SMILES string of the molecule is CCC1(C)CC(C)S1. The van der Waals surface area contributed by atoms with E-state index in [-0.39, 0.29) is 0 Å². The molecule has 1 heteroatoms. The Morgan fingerprint density at radius 3 is 2.38 bits per heavy atom. The van der Waals surface area contributed by atoms with E-state index >= 15 is 0 Å². The zero-order valence-electron chi connectivity index (χ0n) is 5.90. The minimum atomic E-state index is 0.652. The van der Waals surface area contributed by atoms with Crippen LogP contribution in [0.5, 0.6) is 0 Å². The highest BCUT2D eigenvalue weighted by Gasteiger charge is 2.36. The van der Waals surface area contributed by atoms with Crippen LogP contribution in [0.25, 0.3) is 0 Å². The minimum Gasteiger partial charge on any atom is -0.152 e. The third kappa shape index (κ3) is 1.02. The van der Waals surface area contributed by atoms with Gasteiger partial charge in [0.25, 0.3) is 0 Å². The summed E-state index contributed by atoms with van der Waals surface area (Å²) in [6, 6.07) is 0. The Morgan fingerprint density at radius 1 is 1.75 bits per heavy atom. The van der Waals surface area contributed by atoms with Gasteiger partial charge in [0.1, 0.15) is 0 Å². The minimum absolute atomic E-state index is 0.652. The van der Waals surface area contributed by atoms with Crippen LogP contribution in [-0.4, -0.2) is 10.00 Å². The molecule has 2 unspecified atom stereocenters. The van der Waals surface area contributed by atoms with E-state index in [2.05, 4.69) is 32.5 Å². The fourth-order valence-electron chi connectivity index (χ4n) is 1.31. The Bertz CT molecular complexity index is 82.4. The lowest BCUT2D eigenvalue weighted by molar-refractivity contribution is 0.519. The monoisotopic (exact) mass is 130 g/mol. The van der Waals surface area contributed by atoms with Gasteiger partial charge in [0.15, 0.2) is 0 Å². The van der Waals surface area contributed by atoms with Crippen molar-refractivity contribution in [2.24, 2.45) is 0 Å². The van der Waals surface area contributed by atoms with Crippen molar-refractivity contribution in [3.05, 3.63) is 0 Å². The normalized spacial score (nSPS) is 46.1. The van der Waals surface area contributed by atoms with Gasteiger partial charge in [-0.25, -0.2) is 0 Å². The van der Waals surface area contributed by atoms with Crippen molar-refractivity contribution in [3.63, 3.8) is 0 Å². The van der Waals surface area contributed by atoms with Gasteiger partial charge in [-0.1, -0.05) is 20.8 Å². The lowest BCUT2D eigenvalue weighted by atomic mass is 10.0. The summed E-state index contributed by atoms with van der Waals surface area (Å²) in [5.74, 6) is 0. The number of thioether (sulfide) groups is 1. The lowest BCUT2D eigenvalue weighted by Crippen LogP contribution is -2.35. The van der Waals surface area contributed by atoms with Crippen LogP contribution < -0.4 is 0 Å². The maximum Gasteiger partial charge on any atom is 0.0142 e. The van der Waals surface area contributed by atoms with Gasteiger partial charge in [-0.05, 0) is 12.8 Å². The standard InChI is InChI=1S/C7H14S/c1-4-7(3)5-6(2)8-7/h6H,4-5H2,1-3H3.